The van der Waals surface area contributed by atoms with E-state index >= 15 is 0 Å². The summed E-state index contributed by atoms with van der Waals surface area (Å²) < 4.78 is 0. The van der Waals surface area contributed by atoms with Crippen molar-refractivity contribution >= 4 is 35.2 Å². The molecule has 1 heterocycles. The fourth-order valence-corrected chi connectivity index (χ4v) is 4.43. The van der Waals surface area contributed by atoms with Gasteiger partial charge in [-0.3, -0.25) is 29.8 Å². The van der Waals surface area contributed by atoms with E-state index in [0.29, 0.717) is 28.7 Å². The van der Waals surface area contributed by atoms with Crippen LogP contribution in [0, 0.1) is 20.2 Å². The minimum atomic E-state index is -0.843. The van der Waals surface area contributed by atoms with E-state index in [-0.39, 0.29) is 29.6 Å². The fraction of sp³-hybridized carbons (Fsp3) is 0.172. The molecule has 1 aliphatic rings. The predicted molar refractivity (Wildman–Crippen MR) is 146 cm³/mol. The summed E-state index contributed by atoms with van der Waals surface area (Å²) in [5.41, 5.74) is 8.83. The molecular formula is C29H26N4O6. The summed E-state index contributed by atoms with van der Waals surface area (Å²) >= 11 is 0. The van der Waals surface area contributed by atoms with Gasteiger partial charge < -0.3 is 10.6 Å². The summed E-state index contributed by atoms with van der Waals surface area (Å²) in [4.78, 5) is 49.7. The van der Waals surface area contributed by atoms with Gasteiger partial charge in [-0.2, -0.15) is 0 Å². The number of carbonyl (C=O) groups is 2. The average Bonchev–Trinajstić information content (AvgIpc) is 2.93. The third kappa shape index (κ3) is 6.31. The summed E-state index contributed by atoms with van der Waals surface area (Å²) in [5.74, 6) is -0.622. The number of rotatable bonds is 7. The van der Waals surface area contributed by atoms with E-state index in [1.165, 1.54) is 48.5 Å². The Kier molecular flexibility index (Phi) is 8.07. The number of piperidine rings is 1. The number of amides is 1. The number of carbonyl (C=O) groups excluding carboxylic acids is 2. The molecule has 1 fully saturated rings. The van der Waals surface area contributed by atoms with Gasteiger partial charge in [-0.15, -0.1) is 0 Å². The van der Waals surface area contributed by atoms with Crippen LogP contribution in [0.2, 0.25) is 0 Å². The van der Waals surface area contributed by atoms with Crippen molar-refractivity contribution in [3.63, 3.8) is 0 Å². The molecule has 1 amide bonds. The number of nitro groups is 2. The van der Waals surface area contributed by atoms with Crippen LogP contribution in [0.25, 0.3) is 12.2 Å². The van der Waals surface area contributed by atoms with Crippen molar-refractivity contribution in [1.29, 1.82) is 0 Å². The number of benzene rings is 3. The molecule has 10 nitrogen and oxygen atoms in total. The van der Waals surface area contributed by atoms with E-state index in [9.17, 15) is 29.8 Å². The van der Waals surface area contributed by atoms with Crippen molar-refractivity contribution in [3.05, 3.63) is 127 Å². The third-order valence-corrected chi connectivity index (χ3v) is 6.58. The van der Waals surface area contributed by atoms with Crippen LogP contribution >= 0.6 is 0 Å². The van der Waals surface area contributed by atoms with Crippen LogP contribution < -0.4 is 5.73 Å². The van der Waals surface area contributed by atoms with Gasteiger partial charge in [-0.1, -0.05) is 30.3 Å². The number of non-ortho nitro benzene ring substituents is 2. The van der Waals surface area contributed by atoms with Crippen molar-refractivity contribution < 1.29 is 19.4 Å². The molecule has 1 unspecified atom stereocenters. The lowest BCUT2D eigenvalue weighted by atomic mass is 9.88. The maximum Gasteiger partial charge on any atom is 0.269 e. The summed E-state index contributed by atoms with van der Waals surface area (Å²) in [7, 11) is 0. The smallest absolute Gasteiger partial charge is 0.269 e. The SMILES string of the molecule is CC1/C(=C\c2ccc([N+](=O)[O-])cc2)C(=O)/C(=C/c2ccc([N+](=O)[O-])cc2)CN1C(=O)[C@@H](N)Cc1ccccc1. The topological polar surface area (TPSA) is 150 Å². The molecule has 198 valence electrons. The molecule has 0 saturated carbocycles. The van der Waals surface area contributed by atoms with E-state index in [4.69, 9.17) is 5.73 Å². The number of ketones is 1. The molecular weight excluding hydrogens is 500 g/mol. The zero-order chi connectivity index (χ0) is 28.1. The number of hydrogen-bond acceptors (Lipinski definition) is 7. The molecule has 3 aromatic rings. The second-order valence-corrected chi connectivity index (χ2v) is 9.23. The van der Waals surface area contributed by atoms with Gasteiger partial charge in [0.25, 0.3) is 11.4 Å². The van der Waals surface area contributed by atoms with Crippen LogP contribution in [0.15, 0.2) is 90.0 Å². The highest BCUT2D eigenvalue weighted by Gasteiger charge is 2.36. The average molecular weight is 527 g/mol. The molecule has 39 heavy (non-hydrogen) atoms. The number of nitrogens with two attached hydrogens (primary N) is 1. The van der Waals surface area contributed by atoms with E-state index in [1.807, 2.05) is 30.3 Å². The number of Topliss-reactive ketones (excluding diaryl/α,β-unsaturated/α-hetero) is 1. The Bertz CT molecular complexity index is 1460. The first kappa shape index (κ1) is 27.1. The summed E-state index contributed by atoms with van der Waals surface area (Å²) in [6.45, 7) is 1.75. The molecule has 10 heteroatoms. The molecule has 1 saturated heterocycles. The number of likely N-dealkylation sites (tertiary alicyclic amines) is 1. The van der Waals surface area contributed by atoms with Crippen molar-refractivity contribution in [1.82, 2.24) is 4.90 Å². The Labute approximate surface area is 224 Å². The molecule has 1 aliphatic heterocycles. The Hall–Kier alpha value is -4.96. The van der Waals surface area contributed by atoms with Crippen LogP contribution in [0.4, 0.5) is 11.4 Å². The first-order chi connectivity index (χ1) is 18.6. The molecule has 0 aliphatic carbocycles. The van der Waals surface area contributed by atoms with E-state index in [2.05, 4.69) is 0 Å². The first-order valence-corrected chi connectivity index (χ1v) is 12.2. The molecule has 4 rings (SSSR count). The zero-order valence-electron chi connectivity index (χ0n) is 21.1. The molecule has 0 bridgehead atoms. The molecule has 2 N–H and O–H groups in total. The minimum Gasteiger partial charge on any atom is -0.330 e. The summed E-state index contributed by atoms with van der Waals surface area (Å²) in [5, 5.41) is 22.0. The zero-order valence-corrected chi connectivity index (χ0v) is 21.1. The van der Waals surface area contributed by atoms with Gasteiger partial charge in [-0.05, 0) is 66.5 Å². The number of nitrogens with zero attached hydrogens (tertiary/aromatic N) is 3. The number of nitro benzene ring substituents is 2. The quantitative estimate of drug-likeness (QED) is 0.273. The maximum absolute atomic E-state index is 13.6. The van der Waals surface area contributed by atoms with Crippen LogP contribution in [-0.4, -0.2) is 45.1 Å². The highest BCUT2D eigenvalue weighted by Crippen LogP contribution is 2.29. The standard InChI is InChI=1S/C29H26N4O6/c1-19-26(16-22-9-13-25(14-10-22)33(38)39)28(34)23(15-21-7-11-24(12-8-21)32(36)37)18-31(19)29(35)27(30)17-20-5-3-2-4-6-20/h2-16,19,27H,17-18,30H2,1H3/b23-15+,26-16+/t19?,27-/m0/s1. The van der Waals surface area contributed by atoms with Gasteiger partial charge in [0.2, 0.25) is 5.91 Å². The van der Waals surface area contributed by atoms with Crippen LogP contribution in [0.3, 0.4) is 0 Å². The lowest BCUT2D eigenvalue weighted by molar-refractivity contribution is -0.385. The molecule has 0 spiro atoms. The second kappa shape index (κ2) is 11.6. The van der Waals surface area contributed by atoms with Gasteiger partial charge in [-0.25, -0.2) is 0 Å². The van der Waals surface area contributed by atoms with E-state index in [1.54, 1.807) is 24.0 Å². The molecule has 2 atom stereocenters. The maximum atomic E-state index is 13.6. The fourth-order valence-electron chi connectivity index (χ4n) is 4.43. The molecule has 0 radical (unpaired) electrons. The van der Waals surface area contributed by atoms with Crippen molar-refractivity contribution in [2.75, 3.05) is 6.54 Å². The predicted octanol–water partition coefficient (Wildman–Crippen LogP) is 4.34. The minimum absolute atomic E-state index is 0.00983. The lowest BCUT2D eigenvalue weighted by Gasteiger charge is -2.37. The van der Waals surface area contributed by atoms with Crippen molar-refractivity contribution in [2.24, 2.45) is 5.73 Å². The van der Waals surface area contributed by atoms with Crippen LogP contribution in [-0.2, 0) is 16.0 Å². The van der Waals surface area contributed by atoms with Gasteiger partial charge in [0.05, 0.1) is 28.5 Å². The summed E-state index contributed by atoms with van der Waals surface area (Å²) in [6.07, 6.45) is 3.53. The lowest BCUT2D eigenvalue weighted by Crippen LogP contribution is -2.53. The Balaban J connectivity index is 1.70. The summed E-state index contributed by atoms with van der Waals surface area (Å²) in [6, 6.07) is 19.4. The first-order valence-electron chi connectivity index (χ1n) is 12.2. The molecule has 3 aromatic carbocycles. The van der Waals surface area contributed by atoms with Crippen LogP contribution in [0.5, 0.6) is 0 Å². The van der Waals surface area contributed by atoms with Gasteiger partial charge in [0, 0.05) is 35.4 Å². The third-order valence-electron chi connectivity index (χ3n) is 6.58. The van der Waals surface area contributed by atoms with Gasteiger partial charge in [0.1, 0.15) is 0 Å². The van der Waals surface area contributed by atoms with E-state index < -0.39 is 21.9 Å². The van der Waals surface area contributed by atoms with Crippen LogP contribution in [0.1, 0.15) is 23.6 Å². The highest BCUT2D eigenvalue weighted by molar-refractivity contribution is 6.16. The monoisotopic (exact) mass is 526 g/mol. The van der Waals surface area contributed by atoms with Gasteiger partial charge in [0.15, 0.2) is 5.78 Å². The van der Waals surface area contributed by atoms with Crippen molar-refractivity contribution in [3.8, 4) is 0 Å². The largest absolute Gasteiger partial charge is 0.330 e. The Morgan fingerprint density at radius 3 is 1.95 bits per heavy atom. The normalized spacial score (nSPS) is 18.3. The molecule has 0 aromatic heterocycles. The number of hydrogen-bond donors (Lipinski definition) is 1. The van der Waals surface area contributed by atoms with Crippen molar-refractivity contribution in [2.45, 2.75) is 25.4 Å². The van der Waals surface area contributed by atoms with E-state index in [0.717, 1.165) is 5.56 Å². The second-order valence-electron chi connectivity index (χ2n) is 9.23. The Morgan fingerprint density at radius 1 is 0.923 bits per heavy atom. The Morgan fingerprint density at radius 2 is 1.44 bits per heavy atom. The highest BCUT2D eigenvalue weighted by atomic mass is 16.6. The van der Waals surface area contributed by atoms with Gasteiger partial charge >= 0.3 is 0 Å².